The van der Waals surface area contributed by atoms with Crippen LogP contribution in [-0.4, -0.2) is 30.5 Å². The first-order valence-electron chi connectivity index (χ1n) is 10.8. The van der Waals surface area contributed by atoms with Gasteiger partial charge in [0.1, 0.15) is 0 Å². The molecule has 0 radical (unpaired) electrons. The number of benzene rings is 3. The quantitative estimate of drug-likeness (QED) is 0.334. The van der Waals surface area contributed by atoms with Gasteiger partial charge in [-0.15, -0.1) is 0 Å². The summed E-state index contributed by atoms with van der Waals surface area (Å²) in [6, 6.07) is 15.1. The number of rotatable bonds is 5. The number of anilines is 2. The van der Waals surface area contributed by atoms with E-state index in [1.165, 1.54) is 17.0 Å². The maximum absolute atomic E-state index is 13.4. The van der Waals surface area contributed by atoms with E-state index in [1.807, 2.05) is 4.90 Å². The zero-order valence-corrected chi connectivity index (χ0v) is 20.0. The summed E-state index contributed by atoms with van der Waals surface area (Å²) >= 11 is 12.7. The second kappa shape index (κ2) is 10.0. The molecule has 2 atom stereocenters. The number of fused-ring (bicyclic) bond motifs is 1. The van der Waals surface area contributed by atoms with Crippen LogP contribution in [0.2, 0.25) is 10.0 Å². The lowest BCUT2D eigenvalue weighted by atomic mass is 9.96. The summed E-state index contributed by atoms with van der Waals surface area (Å²) in [5.74, 6) is 0. The molecule has 3 aromatic carbocycles. The number of nitrogens with zero attached hydrogens (tertiary/aromatic N) is 2. The molecule has 1 aliphatic heterocycles. The minimum absolute atomic E-state index is 0.0183. The van der Waals surface area contributed by atoms with Gasteiger partial charge in [0.05, 0.1) is 29.5 Å². The van der Waals surface area contributed by atoms with E-state index in [4.69, 9.17) is 23.2 Å². The van der Waals surface area contributed by atoms with Gasteiger partial charge in [-0.2, -0.15) is 26.3 Å². The molecule has 0 aliphatic carbocycles. The number of aliphatic hydroxyl groups excluding tert-OH is 1. The minimum Gasteiger partial charge on any atom is -0.382 e. The molecule has 36 heavy (non-hydrogen) atoms. The number of β-amino-alcohol motifs (C(OH)–C–C–N with tert-alkyl or cyclic N) is 1. The molecule has 0 bridgehead atoms. The highest BCUT2D eigenvalue weighted by atomic mass is 35.5. The zero-order valence-electron chi connectivity index (χ0n) is 18.5. The van der Waals surface area contributed by atoms with E-state index in [0.29, 0.717) is 27.0 Å². The highest BCUT2D eigenvalue weighted by Crippen LogP contribution is 2.44. The van der Waals surface area contributed by atoms with Gasteiger partial charge < -0.3 is 14.9 Å². The van der Waals surface area contributed by atoms with E-state index in [1.54, 1.807) is 42.5 Å². The Morgan fingerprint density at radius 3 is 2.08 bits per heavy atom. The lowest BCUT2D eigenvalue weighted by molar-refractivity contribution is -0.200. The Morgan fingerprint density at radius 2 is 1.47 bits per heavy atom. The molecule has 0 aromatic heterocycles. The summed E-state index contributed by atoms with van der Waals surface area (Å²) < 4.78 is 80.3. The van der Waals surface area contributed by atoms with Crippen molar-refractivity contribution in [3.8, 4) is 0 Å². The number of alkyl halides is 6. The second-order valence-corrected chi connectivity index (χ2v) is 9.23. The fraction of sp³-hybridized carbons (Fsp3) is 0.280. The summed E-state index contributed by atoms with van der Waals surface area (Å²) in [5, 5.41) is 10.7. The Labute approximate surface area is 213 Å². The normalized spacial score (nSPS) is 17.2. The largest absolute Gasteiger partial charge is 0.416 e. The van der Waals surface area contributed by atoms with E-state index in [-0.39, 0.29) is 18.7 Å². The van der Waals surface area contributed by atoms with Gasteiger partial charge >= 0.3 is 12.4 Å². The molecule has 0 spiro atoms. The molecule has 0 saturated heterocycles. The first-order chi connectivity index (χ1) is 16.9. The van der Waals surface area contributed by atoms with Crippen LogP contribution in [0.4, 0.5) is 37.7 Å². The fourth-order valence-corrected chi connectivity index (χ4v) is 4.81. The molecule has 1 unspecified atom stereocenters. The second-order valence-electron chi connectivity index (χ2n) is 8.42. The van der Waals surface area contributed by atoms with E-state index in [9.17, 15) is 31.4 Å². The predicted molar refractivity (Wildman–Crippen MR) is 128 cm³/mol. The molecule has 192 valence electrons. The summed E-state index contributed by atoms with van der Waals surface area (Å²) in [5.41, 5.74) is 0.672. The molecule has 0 amide bonds. The van der Waals surface area contributed by atoms with Crippen molar-refractivity contribution < 1.29 is 31.4 Å². The summed E-state index contributed by atoms with van der Waals surface area (Å²) in [6.07, 6.45) is -12.2. The van der Waals surface area contributed by atoms with Crippen molar-refractivity contribution in [2.24, 2.45) is 0 Å². The third kappa shape index (κ3) is 5.53. The number of hydrogen-bond acceptors (Lipinski definition) is 3. The van der Waals surface area contributed by atoms with Crippen molar-refractivity contribution in [2.45, 2.75) is 31.0 Å². The Kier molecular flexibility index (Phi) is 7.37. The zero-order chi connectivity index (χ0) is 26.3. The lowest BCUT2D eigenvalue weighted by Crippen LogP contribution is -2.49. The maximum atomic E-state index is 13.4. The van der Waals surface area contributed by atoms with E-state index in [0.717, 1.165) is 12.1 Å². The van der Waals surface area contributed by atoms with Crippen LogP contribution < -0.4 is 9.80 Å². The highest BCUT2D eigenvalue weighted by Gasteiger charge is 2.43. The van der Waals surface area contributed by atoms with Crippen LogP contribution in [0.3, 0.4) is 0 Å². The maximum Gasteiger partial charge on any atom is 0.416 e. The topological polar surface area (TPSA) is 26.7 Å². The molecule has 4 rings (SSSR count). The van der Waals surface area contributed by atoms with Crippen LogP contribution in [0.25, 0.3) is 0 Å². The SMILES string of the molecule is O[C@H](CN1c2ccccc2N(Cc2c(Cl)cccc2Cl)CC1c1cccc(C(F)(F)F)c1)C(F)(F)F. The fourth-order valence-electron chi connectivity index (χ4n) is 4.29. The van der Waals surface area contributed by atoms with Gasteiger partial charge in [0.2, 0.25) is 0 Å². The third-order valence-electron chi connectivity index (χ3n) is 6.06. The van der Waals surface area contributed by atoms with Gasteiger partial charge in [0.15, 0.2) is 6.10 Å². The Hall–Kier alpha value is -2.62. The van der Waals surface area contributed by atoms with Gasteiger partial charge in [-0.3, -0.25) is 0 Å². The van der Waals surface area contributed by atoms with Crippen LogP contribution in [-0.2, 0) is 12.7 Å². The van der Waals surface area contributed by atoms with E-state index >= 15 is 0 Å². The van der Waals surface area contributed by atoms with E-state index < -0.39 is 36.6 Å². The Balaban J connectivity index is 1.82. The average molecular weight is 549 g/mol. The van der Waals surface area contributed by atoms with Gasteiger partial charge in [-0.25, -0.2) is 0 Å². The summed E-state index contributed by atoms with van der Waals surface area (Å²) in [7, 11) is 0. The van der Waals surface area contributed by atoms with Crippen LogP contribution in [0.5, 0.6) is 0 Å². The monoisotopic (exact) mass is 548 g/mol. The van der Waals surface area contributed by atoms with Crippen molar-refractivity contribution in [1.82, 2.24) is 0 Å². The van der Waals surface area contributed by atoms with Crippen LogP contribution in [0.1, 0.15) is 22.7 Å². The number of aliphatic hydroxyl groups is 1. The average Bonchev–Trinajstić information content (AvgIpc) is 2.81. The van der Waals surface area contributed by atoms with Crippen LogP contribution >= 0.6 is 23.2 Å². The van der Waals surface area contributed by atoms with Gasteiger partial charge in [-0.05, 0) is 42.0 Å². The molecule has 11 heteroatoms. The van der Waals surface area contributed by atoms with Crippen LogP contribution in [0.15, 0.2) is 66.7 Å². The van der Waals surface area contributed by atoms with Gasteiger partial charge in [0, 0.05) is 28.7 Å². The van der Waals surface area contributed by atoms with Crippen molar-refractivity contribution in [2.75, 3.05) is 22.9 Å². The molecule has 0 fully saturated rings. The molecule has 3 nitrogen and oxygen atoms in total. The number of para-hydroxylation sites is 2. The Bertz CT molecular complexity index is 1210. The van der Waals surface area contributed by atoms with Crippen molar-refractivity contribution in [3.05, 3.63) is 93.5 Å². The Morgan fingerprint density at radius 1 is 0.861 bits per heavy atom. The predicted octanol–water partition coefficient (Wildman–Crippen LogP) is 7.50. The molecule has 1 aliphatic rings. The van der Waals surface area contributed by atoms with Gasteiger partial charge in [0.25, 0.3) is 0 Å². The first kappa shape index (κ1) is 26.4. The molecule has 1 heterocycles. The smallest absolute Gasteiger partial charge is 0.382 e. The number of hydrogen-bond donors (Lipinski definition) is 1. The standard InChI is InChI=1S/C25H20Cl2F6N2O/c26-18-7-4-8-19(27)17(18)12-34-13-22(15-5-3-6-16(11-15)24(28,29)30)35(14-23(36)25(31,32)33)21-10-2-1-9-20(21)34/h1-11,22-23,36H,12-14H2/t22?,23-/m1/s1. The van der Waals surface area contributed by atoms with Crippen molar-refractivity contribution in [3.63, 3.8) is 0 Å². The van der Waals surface area contributed by atoms with Crippen molar-refractivity contribution in [1.29, 1.82) is 0 Å². The molecular formula is C25H20Cl2F6N2O. The summed E-state index contributed by atoms with van der Waals surface area (Å²) in [6.45, 7) is -0.673. The van der Waals surface area contributed by atoms with E-state index in [2.05, 4.69) is 0 Å². The minimum atomic E-state index is -4.91. The molecule has 0 saturated carbocycles. The third-order valence-corrected chi connectivity index (χ3v) is 6.77. The number of halogens is 8. The summed E-state index contributed by atoms with van der Waals surface area (Å²) in [4.78, 5) is 3.11. The molecular weight excluding hydrogens is 529 g/mol. The van der Waals surface area contributed by atoms with Crippen molar-refractivity contribution >= 4 is 34.6 Å². The lowest BCUT2D eigenvalue weighted by Gasteiger charge is -2.46. The first-order valence-corrected chi connectivity index (χ1v) is 11.6. The van der Waals surface area contributed by atoms with Gasteiger partial charge in [-0.1, -0.05) is 53.5 Å². The molecule has 1 N–H and O–H groups in total. The van der Waals surface area contributed by atoms with Crippen LogP contribution in [0, 0.1) is 0 Å². The highest BCUT2D eigenvalue weighted by molar-refractivity contribution is 6.36. The molecule has 3 aromatic rings.